The molecule has 6 nitrogen and oxygen atoms in total. The van der Waals surface area contributed by atoms with Gasteiger partial charge in [0.2, 0.25) is 10.0 Å². The van der Waals surface area contributed by atoms with Gasteiger partial charge in [-0.1, -0.05) is 0 Å². The van der Waals surface area contributed by atoms with Crippen molar-refractivity contribution in [2.75, 3.05) is 12.9 Å². The molecule has 8 heteroatoms. The summed E-state index contributed by atoms with van der Waals surface area (Å²) in [5, 5.41) is 0. The first kappa shape index (κ1) is 11.1. The zero-order chi connectivity index (χ0) is 9.12. The average Bonchev–Trinajstić information content (AvgIpc) is 1.55. The molecule has 0 saturated heterocycles. The first-order chi connectivity index (χ1) is 4.77. The van der Waals surface area contributed by atoms with Crippen molar-refractivity contribution >= 4 is 17.8 Å². The Labute approximate surface area is 65.2 Å². The van der Waals surface area contributed by atoms with E-state index in [-0.39, 0.29) is 6.61 Å². The van der Waals surface area contributed by atoms with Crippen LogP contribution in [0.1, 0.15) is 6.92 Å². The smallest absolute Gasteiger partial charge is 0.312 e. The van der Waals surface area contributed by atoms with E-state index >= 15 is 0 Å². The van der Waals surface area contributed by atoms with Crippen LogP contribution in [0.3, 0.4) is 0 Å². The van der Waals surface area contributed by atoms with Crippen LogP contribution in [0.2, 0.25) is 0 Å². The van der Waals surface area contributed by atoms with Crippen molar-refractivity contribution < 1.29 is 22.4 Å². The Balaban J connectivity index is 4.26. The standard InChI is InChI=1S/C3H10NO5PS/c1-3-9-10(5,6)4-11(2,7)8/h3H2,1-2H3,(H2,4,5,6). The Hall–Kier alpha value is 0.0600. The van der Waals surface area contributed by atoms with Gasteiger partial charge in [0.1, 0.15) is 0 Å². The van der Waals surface area contributed by atoms with Crippen LogP contribution < -0.4 is 4.49 Å². The van der Waals surface area contributed by atoms with E-state index in [1.54, 1.807) is 0 Å². The molecule has 0 aliphatic carbocycles. The zero-order valence-electron chi connectivity index (χ0n) is 6.14. The van der Waals surface area contributed by atoms with Crippen molar-refractivity contribution in [2.24, 2.45) is 0 Å². The molecule has 0 aromatic carbocycles. The molecule has 0 aromatic rings. The van der Waals surface area contributed by atoms with Gasteiger partial charge in [0.05, 0.1) is 12.9 Å². The Kier molecular flexibility index (Phi) is 3.66. The summed E-state index contributed by atoms with van der Waals surface area (Å²) in [4.78, 5) is 8.69. The fourth-order valence-electron chi connectivity index (χ4n) is 0.411. The van der Waals surface area contributed by atoms with Gasteiger partial charge < -0.3 is 4.89 Å². The van der Waals surface area contributed by atoms with E-state index in [0.29, 0.717) is 0 Å². The predicted octanol–water partition coefficient (Wildman–Crippen LogP) is -0.328. The predicted molar refractivity (Wildman–Crippen MR) is 39.4 cm³/mol. The Bertz CT molecular complexity index is 259. The lowest BCUT2D eigenvalue weighted by Crippen LogP contribution is -2.19. The fraction of sp³-hybridized carbons (Fsp3) is 1.00. The van der Waals surface area contributed by atoms with Gasteiger partial charge in [-0.2, -0.15) is 0 Å². The molecule has 0 heterocycles. The molecule has 0 aromatic heterocycles. The summed E-state index contributed by atoms with van der Waals surface area (Å²) in [7, 11) is -7.84. The fourth-order valence-corrected chi connectivity index (χ4v) is 2.65. The highest BCUT2D eigenvalue weighted by molar-refractivity contribution is 7.94. The molecule has 0 radical (unpaired) electrons. The average molecular weight is 203 g/mol. The van der Waals surface area contributed by atoms with Crippen LogP contribution in [0.5, 0.6) is 0 Å². The SMILES string of the molecule is CCOP(=O)(O)NS(C)(=O)=O. The molecule has 0 amide bonds. The van der Waals surface area contributed by atoms with Gasteiger partial charge in [-0.25, -0.2) is 13.0 Å². The lowest BCUT2D eigenvalue weighted by atomic mass is 10.9. The van der Waals surface area contributed by atoms with Gasteiger partial charge in [-0.3, -0.25) is 4.52 Å². The van der Waals surface area contributed by atoms with Crippen LogP contribution in [-0.4, -0.2) is 26.2 Å². The second kappa shape index (κ2) is 3.64. The maximum Gasteiger partial charge on any atom is 0.416 e. The van der Waals surface area contributed by atoms with Crippen LogP contribution in [0.25, 0.3) is 0 Å². The molecule has 0 fully saturated rings. The van der Waals surface area contributed by atoms with E-state index in [1.165, 1.54) is 11.4 Å². The summed E-state index contributed by atoms with van der Waals surface area (Å²) in [6.45, 7) is 1.45. The van der Waals surface area contributed by atoms with Gasteiger partial charge in [-0.15, -0.1) is 4.49 Å². The van der Waals surface area contributed by atoms with E-state index in [1.807, 2.05) is 0 Å². The zero-order valence-corrected chi connectivity index (χ0v) is 7.85. The molecule has 11 heavy (non-hydrogen) atoms. The Morgan fingerprint density at radius 3 is 2.36 bits per heavy atom. The minimum Gasteiger partial charge on any atom is -0.312 e. The van der Waals surface area contributed by atoms with Gasteiger partial charge in [0, 0.05) is 0 Å². The molecule has 1 atom stereocenters. The van der Waals surface area contributed by atoms with Crippen molar-refractivity contribution in [1.29, 1.82) is 0 Å². The Morgan fingerprint density at radius 1 is 1.64 bits per heavy atom. The molecule has 0 saturated carbocycles. The van der Waals surface area contributed by atoms with Gasteiger partial charge in [-0.05, 0) is 6.92 Å². The molecule has 2 N–H and O–H groups in total. The summed E-state index contributed by atoms with van der Waals surface area (Å²) < 4.78 is 37.2. The second-order valence-corrected chi connectivity index (χ2v) is 5.38. The van der Waals surface area contributed by atoms with E-state index in [9.17, 15) is 13.0 Å². The summed E-state index contributed by atoms with van der Waals surface area (Å²) in [5.41, 5.74) is 0. The second-order valence-electron chi connectivity index (χ2n) is 1.80. The lowest BCUT2D eigenvalue weighted by Gasteiger charge is -2.09. The van der Waals surface area contributed by atoms with Gasteiger partial charge >= 0.3 is 7.75 Å². The molecule has 0 spiro atoms. The quantitative estimate of drug-likeness (QED) is 0.610. The first-order valence-corrected chi connectivity index (χ1v) is 6.20. The molecule has 0 aliphatic heterocycles. The number of sulfonamides is 1. The van der Waals surface area contributed by atoms with Crippen LogP contribution >= 0.6 is 7.75 Å². The summed E-state index contributed by atoms with van der Waals surface area (Å²) in [6, 6.07) is 0. The summed E-state index contributed by atoms with van der Waals surface area (Å²) >= 11 is 0. The van der Waals surface area contributed by atoms with Gasteiger partial charge in [0.15, 0.2) is 0 Å². The number of nitrogens with one attached hydrogen (secondary N) is 1. The molecule has 1 unspecified atom stereocenters. The van der Waals surface area contributed by atoms with Crippen LogP contribution in [0.4, 0.5) is 0 Å². The van der Waals surface area contributed by atoms with Crippen molar-refractivity contribution in [2.45, 2.75) is 6.92 Å². The van der Waals surface area contributed by atoms with Crippen molar-refractivity contribution in [3.63, 3.8) is 0 Å². The first-order valence-electron chi connectivity index (χ1n) is 2.73. The highest BCUT2D eigenvalue weighted by Crippen LogP contribution is 2.36. The normalized spacial score (nSPS) is 17.7. The minimum atomic E-state index is -4.15. The monoisotopic (exact) mass is 203 g/mol. The van der Waals surface area contributed by atoms with Crippen LogP contribution in [0, 0.1) is 0 Å². The molecule has 68 valence electrons. The maximum absolute atomic E-state index is 10.7. The highest BCUT2D eigenvalue weighted by Gasteiger charge is 2.22. The molecule has 0 bridgehead atoms. The topological polar surface area (TPSA) is 92.7 Å². The summed E-state index contributed by atoms with van der Waals surface area (Å²) in [6.07, 6.45) is 0.773. The van der Waals surface area contributed by atoms with E-state index in [4.69, 9.17) is 4.89 Å². The number of rotatable bonds is 4. The van der Waals surface area contributed by atoms with E-state index in [0.717, 1.165) is 6.26 Å². The molecule has 0 aliphatic rings. The third-order valence-corrected chi connectivity index (χ3v) is 3.44. The summed E-state index contributed by atoms with van der Waals surface area (Å²) in [5.74, 6) is 0. The molecule has 0 rings (SSSR count). The van der Waals surface area contributed by atoms with Crippen LogP contribution in [-0.2, 0) is 19.1 Å². The minimum absolute atomic E-state index is 0.0315. The molecular formula is C3H10NO5PS. The molecular weight excluding hydrogens is 193 g/mol. The maximum atomic E-state index is 10.7. The largest absolute Gasteiger partial charge is 0.416 e. The number of hydrogen-bond acceptors (Lipinski definition) is 4. The highest BCUT2D eigenvalue weighted by atomic mass is 32.2. The number of hydrogen-bond donors (Lipinski definition) is 2. The Morgan fingerprint density at radius 2 is 2.09 bits per heavy atom. The van der Waals surface area contributed by atoms with E-state index in [2.05, 4.69) is 4.52 Å². The van der Waals surface area contributed by atoms with Crippen molar-refractivity contribution in [1.82, 2.24) is 4.49 Å². The van der Waals surface area contributed by atoms with E-state index < -0.39 is 17.8 Å². The third-order valence-electron chi connectivity index (χ3n) is 0.585. The van der Waals surface area contributed by atoms with Crippen molar-refractivity contribution in [3.8, 4) is 0 Å². The van der Waals surface area contributed by atoms with Gasteiger partial charge in [0.25, 0.3) is 0 Å². The van der Waals surface area contributed by atoms with Crippen molar-refractivity contribution in [3.05, 3.63) is 0 Å². The lowest BCUT2D eigenvalue weighted by molar-refractivity contribution is 0.270. The third kappa shape index (κ3) is 6.46. The van der Waals surface area contributed by atoms with Crippen LogP contribution in [0.15, 0.2) is 0 Å².